The number of likely N-dealkylation sites (tertiary alicyclic amines) is 1. The molecule has 142 valence electrons. The van der Waals surface area contributed by atoms with Gasteiger partial charge in [-0.2, -0.15) is 0 Å². The van der Waals surface area contributed by atoms with E-state index in [-0.39, 0.29) is 24.0 Å². The molecule has 1 saturated heterocycles. The van der Waals surface area contributed by atoms with Crippen LogP contribution in [-0.4, -0.2) is 56.9 Å². The van der Waals surface area contributed by atoms with E-state index in [1.807, 2.05) is 12.1 Å². The van der Waals surface area contributed by atoms with Crippen molar-refractivity contribution in [2.75, 3.05) is 39.9 Å². The molecule has 1 aliphatic rings. The van der Waals surface area contributed by atoms with E-state index in [1.165, 1.54) is 5.56 Å². The van der Waals surface area contributed by atoms with Gasteiger partial charge in [0.15, 0.2) is 5.96 Å². The number of hydrogen-bond acceptors (Lipinski definition) is 3. The van der Waals surface area contributed by atoms with E-state index < -0.39 is 0 Å². The zero-order chi connectivity index (χ0) is 17.2. The van der Waals surface area contributed by atoms with Gasteiger partial charge in [0.25, 0.3) is 0 Å². The summed E-state index contributed by atoms with van der Waals surface area (Å²) >= 11 is 0. The van der Waals surface area contributed by atoms with Crippen molar-refractivity contribution in [3.63, 3.8) is 0 Å². The fraction of sp³-hybridized carbons (Fsp3) is 0.632. The molecule has 0 amide bonds. The predicted molar refractivity (Wildman–Crippen MR) is 114 cm³/mol. The van der Waals surface area contributed by atoms with Crippen molar-refractivity contribution in [3.8, 4) is 5.75 Å². The van der Waals surface area contributed by atoms with Gasteiger partial charge in [0.1, 0.15) is 5.75 Å². The number of halogens is 1. The topological polar surface area (TPSA) is 46.1 Å². The number of aliphatic imine (C=N–C) groups is 1. The number of nitrogens with one attached hydrogen (secondary N) is 1. The SMILES string of the molecule is CCNC(=NCCc1ccc(OC)cc1)N1CCC(OCC)CC1.I. The number of rotatable bonds is 7. The number of ether oxygens (including phenoxy) is 2. The van der Waals surface area contributed by atoms with Crippen LogP contribution >= 0.6 is 24.0 Å². The summed E-state index contributed by atoms with van der Waals surface area (Å²) in [7, 11) is 1.69. The van der Waals surface area contributed by atoms with Crippen molar-refractivity contribution in [1.29, 1.82) is 0 Å². The summed E-state index contributed by atoms with van der Waals surface area (Å²) in [6.45, 7) is 8.70. The highest BCUT2D eigenvalue weighted by Gasteiger charge is 2.21. The second-order valence-electron chi connectivity index (χ2n) is 5.98. The average Bonchev–Trinajstić information content (AvgIpc) is 2.62. The lowest BCUT2D eigenvalue weighted by atomic mass is 10.1. The molecule has 0 atom stereocenters. The molecule has 0 unspecified atom stereocenters. The van der Waals surface area contributed by atoms with E-state index in [2.05, 4.69) is 36.2 Å². The highest BCUT2D eigenvalue weighted by molar-refractivity contribution is 14.0. The number of hydrogen-bond donors (Lipinski definition) is 1. The van der Waals surface area contributed by atoms with Crippen molar-refractivity contribution in [2.45, 2.75) is 39.2 Å². The van der Waals surface area contributed by atoms with Crippen molar-refractivity contribution >= 4 is 29.9 Å². The van der Waals surface area contributed by atoms with Crippen LogP contribution in [0.15, 0.2) is 29.3 Å². The standard InChI is InChI=1S/C19H31N3O2.HI/c1-4-20-19(22-14-11-18(12-15-22)24-5-2)21-13-10-16-6-8-17(23-3)9-7-16;/h6-9,18H,4-5,10-15H2,1-3H3,(H,20,21);1H. The zero-order valence-corrected chi connectivity index (χ0v) is 18.0. The Morgan fingerprint density at radius 2 is 1.88 bits per heavy atom. The van der Waals surface area contributed by atoms with Crippen LogP contribution in [-0.2, 0) is 11.2 Å². The normalized spacial score (nSPS) is 15.6. The van der Waals surface area contributed by atoms with Gasteiger partial charge in [-0.25, -0.2) is 0 Å². The number of methoxy groups -OCH3 is 1. The Balaban J connectivity index is 0.00000312. The van der Waals surface area contributed by atoms with Gasteiger partial charge in [0, 0.05) is 32.8 Å². The minimum atomic E-state index is 0. The molecule has 1 N–H and O–H groups in total. The van der Waals surface area contributed by atoms with E-state index in [9.17, 15) is 0 Å². The Morgan fingerprint density at radius 1 is 1.20 bits per heavy atom. The minimum Gasteiger partial charge on any atom is -0.497 e. The largest absolute Gasteiger partial charge is 0.497 e. The fourth-order valence-electron chi connectivity index (χ4n) is 2.98. The first-order chi connectivity index (χ1) is 11.8. The molecule has 1 fully saturated rings. The summed E-state index contributed by atoms with van der Waals surface area (Å²) < 4.78 is 10.9. The predicted octanol–water partition coefficient (Wildman–Crippen LogP) is 3.32. The van der Waals surface area contributed by atoms with Crippen LogP contribution in [0.1, 0.15) is 32.3 Å². The van der Waals surface area contributed by atoms with Gasteiger partial charge in [-0.05, 0) is 50.8 Å². The molecule has 1 aliphatic heterocycles. The van der Waals surface area contributed by atoms with E-state index >= 15 is 0 Å². The van der Waals surface area contributed by atoms with Crippen molar-refractivity contribution < 1.29 is 9.47 Å². The molecule has 2 rings (SSSR count). The lowest BCUT2D eigenvalue weighted by Gasteiger charge is -2.34. The Bertz CT molecular complexity index is 500. The van der Waals surface area contributed by atoms with E-state index in [1.54, 1.807) is 7.11 Å². The molecule has 0 spiro atoms. The first-order valence-electron chi connectivity index (χ1n) is 9.04. The summed E-state index contributed by atoms with van der Waals surface area (Å²) in [5, 5.41) is 3.42. The molecule has 1 heterocycles. The number of nitrogens with zero attached hydrogens (tertiary/aromatic N) is 2. The van der Waals surface area contributed by atoms with Crippen LogP contribution in [0.5, 0.6) is 5.75 Å². The van der Waals surface area contributed by atoms with Gasteiger partial charge in [0.2, 0.25) is 0 Å². The van der Waals surface area contributed by atoms with Gasteiger partial charge in [-0.15, -0.1) is 24.0 Å². The molecule has 0 saturated carbocycles. The van der Waals surface area contributed by atoms with Crippen LogP contribution < -0.4 is 10.1 Å². The third kappa shape index (κ3) is 7.40. The van der Waals surface area contributed by atoms with Crippen molar-refractivity contribution in [2.24, 2.45) is 4.99 Å². The Labute approximate surface area is 169 Å². The van der Waals surface area contributed by atoms with Gasteiger partial charge in [0.05, 0.1) is 13.2 Å². The van der Waals surface area contributed by atoms with Gasteiger partial charge in [-0.3, -0.25) is 4.99 Å². The zero-order valence-electron chi connectivity index (χ0n) is 15.7. The maximum Gasteiger partial charge on any atom is 0.193 e. The molecule has 0 bridgehead atoms. The van der Waals surface area contributed by atoms with E-state index in [4.69, 9.17) is 14.5 Å². The van der Waals surface area contributed by atoms with Crippen LogP contribution in [0, 0.1) is 0 Å². The summed E-state index contributed by atoms with van der Waals surface area (Å²) in [5.74, 6) is 1.92. The second kappa shape index (κ2) is 12.4. The van der Waals surface area contributed by atoms with Crippen LogP contribution in [0.3, 0.4) is 0 Å². The maximum absolute atomic E-state index is 5.73. The van der Waals surface area contributed by atoms with Gasteiger partial charge >= 0.3 is 0 Å². The highest BCUT2D eigenvalue weighted by Crippen LogP contribution is 2.14. The second-order valence-corrected chi connectivity index (χ2v) is 5.98. The number of benzene rings is 1. The Kier molecular flexibility index (Phi) is 10.9. The molecule has 25 heavy (non-hydrogen) atoms. The van der Waals surface area contributed by atoms with Crippen LogP contribution in [0.4, 0.5) is 0 Å². The number of guanidine groups is 1. The summed E-state index contributed by atoms with van der Waals surface area (Å²) in [6.07, 6.45) is 3.51. The molecular formula is C19H32IN3O2. The molecule has 0 aromatic heterocycles. The molecule has 0 radical (unpaired) electrons. The molecule has 1 aromatic carbocycles. The van der Waals surface area contributed by atoms with Gasteiger partial charge in [-0.1, -0.05) is 12.1 Å². The quantitative estimate of drug-likeness (QED) is 0.385. The van der Waals surface area contributed by atoms with Crippen LogP contribution in [0.2, 0.25) is 0 Å². The smallest absolute Gasteiger partial charge is 0.193 e. The Hall–Kier alpha value is -1.02. The number of piperidine rings is 1. The third-order valence-corrected chi connectivity index (χ3v) is 4.30. The lowest BCUT2D eigenvalue weighted by Crippen LogP contribution is -2.47. The first-order valence-corrected chi connectivity index (χ1v) is 9.04. The van der Waals surface area contributed by atoms with Crippen molar-refractivity contribution in [3.05, 3.63) is 29.8 Å². The minimum absolute atomic E-state index is 0. The summed E-state index contributed by atoms with van der Waals surface area (Å²) in [4.78, 5) is 7.16. The molecular weight excluding hydrogens is 429 g/mol. The monoisotopic (exact) mass is 461 g/mol. The Morgan fingerprint density at radius 3 is 2.44 bits per heavy atom. The lowest BCUT2D eigenvalue weighted by molar-refractivity contribution is 0.0264. The van der Waals surface area contributed by atoms with Gasteiger partial charge < -0.3 is 19.7 Å². The third-order valence-electron chi connectivity index (χ3n) is 4.30. The van der Waals surface area contributed by atoms with E-state index in [0.717, 1.165) is 63.8 Å². The van der Waals surface area contributed by atoms with E-state index in [0.29, 0.717) is 6.10 Å². The fourth-order valence-corrected chi connectivity index (χ4v) is 2.98. The first kappa shape index (κ1) is 22.0. The molecule has 0 aliphatic carbocycles. The highest BCUT2D eigenvalue weighted by atomic mass is 127. The van der Waals surface area contributed by atoms with Crippen molar-refractivity contribution in [1.82, 2.24) is 10.2 Å². The molecule has 6 heteroatoms. The summed E-state index contributed by atoms with van der Waals surface area (Å²) in [5.41, 5.74) is 1.28. The molecule has 1 aromatic rings. The molecule has 5 nitrogen and oxygen atoms in total. The summed E-state index contributed by atoms with van der Waals surface area (Å²) in [6, 6.07) is 8.22. The van der Waals surface area contributed by atoms with Crippen LogP contribution in [0.25, 0.3) is 0 Å². The average molecular weight is 461 g/mol. The maximum atomic E-state index is 5.73.